The number of alkyl halides is 1. The van der Waals surface area contributed by atoms with E-state index in [0.717, 1.165) is 30.3 Å². The summed E-state index contributed by atoms with van der Waals surface area (Å²) in [5.41, 5.74) is 2.06. The molecule has 0 N–H and O–H groups in total. The smallest absolute Gasteiger partial charge is 0.116 e. The van der Waals surface area contributed by atoms with Crippen LogP contribution in [0.5, 0.6) is 0 Å². The van der Waals surface area contributed by atoms with Gasteiger partial charge in [0.1, 0.15) is 6.17 Å². The second-order valence-corrected chi connectivity index (χ2v) is 19.5. The molecule has 2 atom stereocenters. The molecule has 3 nitrogen and oxygen atoms in total. The molecule has 256 valence electrons. The summed E-state index contributed by atoms with van der Waals surface area (Å²) in [6.07, 6.45) is 11.1. The van der Waals surface area contributed by atoms with E-state index < -0.39 is 6.17 Å². The first-order valence-corrected chi connectivity index (χ1v) is 18.4. The Morgan fingerprint density at radius 2 is 1.12 bits per heavy atom. The molecule has 4 saturated heterocycles. The van der Waals surface area contributed by atoms with Gasteiger partial charge in [0, 0.05) is 48.7 Å². The molecular weight excluding hydrogens is 529 g/mol. The summed E-state index contributed by atoms with van der Waals surface area (Å²) in [5.74, 6) is 3.38. The highest BCUT2D eigenvalue weighted by Crippen LogP contribution is 2.45. The third kappa shape index (κ3) is 13.2. The molecule has 2 bridgehead atoms. The van der Waals surface area contributed by atoms with Gasteiger partial charge in [0.15, 0.2) is 0 Å². The molecule has 0 aromatic heterocycles. The molecule has 7 aliphatic rings. The van der Waals surface area contributed by atoms with Gasteiger partial charge < -0.3 is 0 Å². The van der Waals surface area contributed by atoms with Crippen LogP contribution in [0.1, 0.15) is 155 Å². The molecule has 4 heteroatoms. The second-order valence-electron chi connectivity index (χ2n) is 19.5. The van der Waals surface area contributed by atoms with Crippen LogP contribution in [0.15, 0.2) is 0 Å². The van der Waals surface area contributed by atoms with Crippen molar-refractivity contribution < 1.29 is 4.39 Å². The average molecular weight is 608 g/mol. The van der Waals surface area contributed by atoms with E-state index in [1.807, 2.05) is 6.92 Å². The zero-order valence-corrected chi connectivity index (χ0v) is 32.0. The van der Waals surface area contributed by atoms with Crippen molar-refractivity contribution in [3.63, 3.8) is 0 Å². The maximum atomic E-state index is 12.9. The van der Waals surface area contributed by atoms with E-state index in [9.17, 15) is 4.39 Å². The zero-order valence-electron chi connectivity index (χ0n) is 32.0. The molecule has 3 saturated carbocycles. The van der Waals surface area contributed by atoms with Crippen LogP contribution in [-0.4, -0.2) is 76.8 Å². The molecule has 4 heterocycles. The average Bonchev–Trinajstić information content (AvgIpc) is 3.23. The number of likely N-dealkylation sites (tertiary alicyclic amines) is 2. The van der Waals surface area contributed by atoms with E-state index in [1.165, 1.54) is 71.0 Å². The van der Waals surface area contributed by atoms with E-state index in [0.29, 0.717) is 34.5 Å². The van der Waals surface area contributed by atoms with Crippen LogP contribution >= 0.6 is 0 Å². The number of hydrogen-bond donors (Lipinski definition) is 0. The lowest BCUT2D eigenvalue weighted by Crippen LogP contribution is -2.49. The molecule has 0 amide bonds. The van der Waals surface area contributed by atoms with Gasteiger partial charge >= 0.3 is 0 Å². The first-order valence-electron chi connectivity index (χ1n) is 18.4. The van der Waals surface area contributed by atoms with Crippen molar-refractivity contribution in [2.45, 2.75) is 185 Å². The minimum absolute atomic E-state index is 0.238. The number of fused-ring (bicyclic) bond motifs is 1. The van der Waals surface area contributed by atoms with Gasteiger partial charge in [-0.3, -0.25) is 14.7 Å². The SMILES string of the molecule is CC(C)(C)C1CC1.CC(C)(C)C1CCC1.CC(C)(C)N1CC2CC1C2.CC(C)(C)N1CCC1.CC1CN(C(C)C)CC1F. The number of halogens is 1. The molecule has 43 heavy (non-hydrogen) atoms. The summed E-state index contributed by atoms with van der Waals surface area (Å²) in [6, 6.07) is 1.45. The normalized spacial score (nSPS) is 29.8. The molecule has 3 aliphatic carbocycles. The lowest BCUT2D eigenvalue weighted by atomic mass is 9.69. The van der Waals surface area contributed by atoms with E-state index in [-0.39, 0.29) is 5.92 Å². The van der Waals surface area contributed by atoms with Crippen molar-refractivity contribution in [3.8, 4) is 0 Å². The predicted octanol–water partition coefficient (Wildman–Crippen LogP) is 10.3. The number of nitrogens with zero attached hydrogens (tertiary/aromatic N) is 3. The predicted molar refractivity (Wildman–Crippen MR) is 189 cm³/mol. The molecule has 7 rings (SSSR count). The summed E-state index contributed by atoms with van der Waals surface area (Å²) in [4.78, 5) is 7.35. The van der Waals surface area contributed by atoms with Gasteiger partial charge in [0.05, 0.1) is 0 Å². The number of rotatable bonds is 1. The van der Waals surface area contributed by atoms with Crippen molar-refractivity contribution in [1.82, 2.24) is 14.7 Å². The lowest BCUT2D eigenvalue weighted by Gasteiger charge is -2.42. The lowest BCUT2D eigenvalue weighted by molar-refractivity contribution is 0.0690. The van der Waals surface area contributed by atoms with Gasteiger partial charge in [-0.25, -0.2) is 4.39 Å². The summed E-state index contributed by atoms with van der Waals surface area (Å²) in [6.45, 7) is 39.6. The molecule has 4 aliphatic heterocycles. The summed E-state index contributed by atoms with van der Waals surface area (Å²) >= 11 is 0. The standard InChI is InChI=1S/C9H17N.C8H16FN.C8H16.C7H15N.C7H14/c1-9(2,3)10-6-7-4-8(10)5-7;1-6(2)10-4-7(3)8(9)5-10;1-8(2,3)7-5-4-6-7;1-7(2,3)8-5-4-6-8;1-7(2,3)6-4-5-6/h7-8H,4-6H2,1-3H3;6-8H,4-5H2,1-3H3;7H,4-6H2,1-3H3;4-6H2,1-3H3;6H,4-5H2,1-3H3. The van der Waals surface area contributed by atoms with Crippen molar-refractivity contribution in [1.29, 1.82) is 0 Å². The Kier molecular flexibility index (Phi) is 14.1. The van der Waals surface area contributed by atoms with E-state index in [1.54, 1.807) is 0 Å². The highest BCUT2D eigenvalue weighted by Gasteiger charge is 2.46. The Morgan fingerprint density at radius 1 is 0.628 bits per heavy atom. The summed E-state index contributed by atoms with van der Waals surface area (Å²) in [7, 11) is 0. The summed E-state index contributed by atoms with van der Waals surface area (Å²) < 4.78 is 12.9. The fraction of sp³-hybridized carbons (Fsp3) is 1.00. The Bertz CT molecular complexity index is 743. The van der Waals surface area contributed by atoms with Crippen molar-refractivity contribution >= 4 is 0 Å². The van der Waals surface area contributed by atoms with Crippen LogP contribution in [0.4, 0.5) is 4.39 Å². The van der Waals surface area contributed by atoms with Crippen LogP contribution in [0.2, 0.25) is 0 Å². The molecular formula is C39H78FN3. The van der Waals surface area contributed by atoms with E-state index in [2.05, 4.69) is 112 Å². The Hall–Kier alpha value is -0.190. The third-order valence-corrected chi connectivity index (χ3v) is 11.2. The molecule has 7 fully saturated rings. The van der Waals surface area contributed by atoms with Gasteiger partial charge in [0.25, 0.3) is 0 Å². The first-order chi connectivity index (χ1) is 19.5. The molecule has 0 aromatic carbocycles. The van der Waals surface area contributed by atoms with Gasteiger partial charge in [0.2, 0.25) is 0 Å². The molecule has 2 unspecified atom stereocenters. The molecule has 0 spiro atoms. The maximum Gasteiger partial charge on any atom is 0.116 e. The monoisotopic (exact) mass is 608 g/mol. The van der Waals surface area contributed by atoms with E-state index in [4.69, 9.17) is 0 Å². The maximum absolute atomic E-state index is 12.9. The second kappa shape index (κ2) is 15.6. The van der Waals surface area contributed by atoms with Gasteiger partial charge in [-0.1, -0.05) is 54.9 Å². The number of hydrogen-bond acceptors (Lipinski definition) is 3. The Morgan fingerprint density at radius 3 is 1.21 bits per heavy atom. The van der Waals surface area contributed by atoms with Crippen LogP contribution in [0, 0.1) is 34.5 Å². The van der Waals surface area contributed by atoms with Crippen molar-refractivity contribution in [2.75, 3.05) is 32.7 Å². The highest BCUT2D eigenvalue weighted by atomic mass is 19.1. The van der Waals surface area contributed by atoms with Gasteiger partial charge in [-0.2, -0.15) is 0 Å². The zero-order chi connectivity index (χ0) is 33.0. The van der Waals surface area contributed by atoms with E-state index >= 15 is 0 Å². The van der Waals surface area contributed by atoms with Gasteiger partial charge in [-0.05, 0) is 142 Å². The third-order valence-electron chi connectivity index (χ3n) is 11.2. The van der Waals surface area contributed by atoms with Crippen LogP contribution in [-0.2, 0) is 0 Å². The minimum atomic E-state index is -0.595. The largest absolute Gasteiger partial charge is 0.298 e. The van der Waals surface area contributed by atoms with Crippen LogP contribution in [0.25, 0.3) is 0 Å². The van der Waals surface area contributed by atoms with Gasteiger partial charge in [-0.15, -0.1) is 0 Å². The quantitative estimate of drug-likeness (QED) is 0.294. The van der Waals surface area contributed by atoms with Crippen molar-refractivity contribution in [2.24, 2.45) is 34.5 Å². The molecule has 0 radical (unpaired) electrons. The Labute approximate surface area is 270 Å². The highest BCUT2D eigenvalue weighted by molar-refractivity contribution is 5.01. The molecule has 0 aromatic rings. The first kappa shape index (κ1) is 39.0. The van der Waals surface area contributed by atoms with Crippen molar-refractivity contribution in [3.05, 3.63) is 0 Å². The fourth-order valence-corrected chi connectivity index (χ4v) is 6.95. The topological polar surface area (TPSA) is 9.72 Å². The van der Waals surface area contributed by atoms with Crippen LogP contribution in [0.3, 0.4) is 0 Å². The van der Waals surface area contributed by atoms with Crippen LogP contribution < -0.4 is 0 Å². The minimum Gasteiger partial charge on any atom is -0.298 e. The fourth-order valence-electron chi connectivity index (χ4n) is 6.95. The summed E-state index contributed by atoms with van der Waals surface area (Å²) in [5, 5.41) is 0. The Balaban J connectivity index is 0.000000189.